The average Bonchev–Trinajstić information content (AvgIpc) is 2.51. The molecule has 112 valence electrons. The predicted octanol–water partition coefficient (Wildman–Crippen LogP) is 3.68. The summed E-state index contributed by atoms with van der Waals surface area (Å²) in [5.41, 5.74) is 2.19. The highest BCUT2D eigenvalue weighted by Gasteiger charge is 2.29. The van der Waals surface area contributed by atoms with E-state index < -0.39 is 0 Å². The van der Waals surface area contributed by atoms with Crippen LogP contribution in [0.3, 0.4) is 0 Å². The van der Waals surface area contributed by atoms with Gasteiger partial charge in [0.15, 0.2) is 5.76 Å². The summed E-state index contributed by atoms with van der Waals surface area (Å²) < 4.78 is 0. The van der Waals surface area contributed by atoms with Crippen molar-refractivity contribution in [3.8, 4) is 0 Å². The van der Waals surface area contributed by atoms with E-state index in [2.05, 4.69) is 16.8 Å². The summed E-state index contributed by atoms with van der Waals surface area (Å²) in [5.74, 6) is 0.492. The zero-order chi connectivity index (χ0) is 14.8. The molecule has 0 radical (unpaired) electrons. The summed E-state index contributed by atoms with van der Waals surface area (Å²) in [7, 11) is 0. The molecular formula is C17H22N2O2. The minimum absolute atomic E-state index is 0.0311. The van der Waals surface area contributed by atoms with Crippen molar-refractivity contribution in [1.29, 1.82) is 0 Å². The first-order valence-electron chi connectivity index (χ1n) is 7.68. The van der Waals surface area contributed by atoms with Crippen LogP contribution in [0.1, 0.15) is 43.2 Å². The number of aryl methyl sites for hydroxylation is 1. The third kappa shape index (κ3) is 2.89. The standard InChI is InChI=1S/C17H22N2O2/c1-12-7-9-13(10-8-12)16-18-17(21)15(20)11-19(16)14-5-3-2-4-6-14/h7-10,14,20-21H,2-6,11H2,1H3. The Bertz CT molecular complexity index is 569. The molecule has 1 fully saturated rings. The summed E-state index contributed by atoms with van der Waals surface area (Å²) >= 11 is 0. The normalized spacial score (nSPS) is 20.6. The van der Waals surface area contributed by atoms with E-state index in [0.29, 0.717) is 12.6 Å². The van der Waals surface area contributed by atoms with E-state index in [0.717, 1.165) is 24.2 Å². The Morgan fingerprint density at radius 3 is 2.38 bits per heavy atom. The summed E-state index contributed by atoms with van der Waals surface area (Å²) in [6.07, 6.45) is 5.98. The fourth-order valence-corrected chi connectivity index (χ4v) is 3.16. The van der Waals surface area contributed by atoms with Crippen molar-refractivity contribution in [1.82, 2.24) is 4.90 Å². The van der Waals surface area contributed by atoms with Gasteiger partial charge in [-0.05, 0) is 19.8 Å². The highest BCUT2D eigenvalue weighted by atomic mass is 16.3. The van der Waals surface area contributed by atoms with Gasteiger partial charge in [0.25, 0.3) is 5.88 Å². The Labute approximate surface area is 125 Å². The van der Waals surface area contributed by atoms with Crippen LogP contribution >= 0.6 is 0 Å². The van der Waals surface area contributed by atoms with Crippen LogP contribution in [-0.2, 0) is 0 Å². The van der Waals surface area contributed by atoms with Crippen LogP contribution in [0.2, 0.25) is 0 Å². The second-order valence-corrected chi connectivity index (χ2v) is 5.99. The first kappa shape index (κ1) is 14.0. The molecule has 4 nitrogen and oxygen atoms in total. The molecule has 0 bridgehead atoms. The maximum atomic E-state index is 9.87. The molecule has 2 N–H and O–H groups in total. The van der Waals surface area contributed by atoms with Crippen molar-refractivity contribution in [3.63, 3.8) is 0 Å². The van der Waals surface area contributed by atoms with Gasteiger partial charge < -0.3 is 15.1 Å². The van der Waals surface area contributed by atoms with Crippen molar-refractivity contribution in [2.75, 3.05) is 6.54 Å². The summed E-state index contributed by atoms with van der Waals surface area (Å²) in [4.78, 5) is 6.40. The van der Waals surface area contributed by atoms with Crippen LogP contribution in [0, 0.1) is 6.92 Å². The van der Waals surface area contributed by atoms with Crippen molar-refractivity contribution < 1.29 is 10.2 Å². The highest BCUT2D eigenvalue weighted by Crippen LogP contribution is 2.27. The molecule has 1 aromatic rings. The van der Waals surface area contributed by atoms with Gasteiger partial charge in [-0.3, -0.25) is 0 Å². The molecule has 0 amide bonds. The van der Waals surface area contributed by atoms with Gasteiger partial charge in [0, 0.05) is 11.6 Å². The number of hydrogen-bond donors (Lipinski definition) is 2. The van der Waals surface area contributed by atoms with Crippen LogP contribution in [0.25, 0.3) is 0 Å². The number of aliphatic imine (C=N–C) groups is 1. The van der Waals surface area contributed by atoms with E-state index in [4.69, 9.17) is 0 Å². The van der Waals surface area contributed by atoms with Crippen molar-refractivity contribution >= 4 is 5.84 Å². The number of nitrogens with zero attached hydrogens (tertiary/aromatic N) is 2. The van der Waals surface area contributed by atoms with Gasteiger partial charge in [-0.2, -0.15) is 4.99 Å². The number of aliphatic hydroxyl groups is 2. The Hall–Kier alpha value is -1.97. The van der Waals surface area contributed by atoms with Gasteiger partial charge in [0.2, 0.25) is 0 Å². The predicted molar refractivity (Wildman–Crippen MR) is 83.6 cm³/mol. The molecule has 1 aliphatic heterocycles. The van der Waals surface area contributed by atoms with Gasteiger partial charge in [0.05, 0.1) is 6.54 Å². The third-order valence-corrected chi connectivity index (χ3v) is 4.39. The zero-order valence-electron chi connectivity index (χ0n) is 12.4. The molecule has 21 heavy (non-hydrogen) atoms. The van der Waals surface area contributed by atoms with Gasteiger partial charge in [-0.25, -0.2) is 0 Å². The Balaban J connectivity index is 1.94. The lowest BCUT2D eigenvalue weighted by molar-refractivity contribution is 0.206. The lowest BCUT2D eigenvalue weighted by Crippen LogP contribution is -2.45. The molecule has 1 saturated carbocycles. The van der Waals surface area contributed by atoms with E-state index in [9.17, 15) is 10.2 Å². The molecule has 0 spiro atoms. The Morgan fingerprint density at radius 2 is 1.71 bits per heavy atom. The molecule has 4 heteroatoms. The molecule has 0 atom stereocenters. The zero-order valence-corrected chi connectivity index (χ0v) is 12.4. The van der Waals surface area contributed by atoms with Crippen LogP contribution in [0.4, 0.5) is 0 Å². The Kier molecular flexibility index (Phi) is 3.86. The number of benzene rings is 1. The van der Waals surface area contributed by atoms with E-state index in [1.165, 1.54) is 24.8 Å². The van der Waals surface area contributed by atoms with Crippen LogP contribution < -0.4 is 0 Å². The SMILES string of the molecule is Cc1ccc(C2=NC(O)=C(O)CN2C2CCCCC2)cc1. The second kappa shape index (κ2) is 5.80. The number of aliphatic hydroxyl groups excluding tert-OH is 2. The average molecular weight is 286 g/mol. The topological polar surface area (TPSA) is 56.1 Å². The molecule has 1 aliphatic carbocycles. The lowest BCUT2D eigenvalue weighted by Gasteiger charge is -2.38. The van der Waals surface area contributed by atoms with Crippen molar-refractivity contribution in [3.05, 3.63) is 47.0 Å². The maximum absolute atomic E-state index is 9.87. The molecular weight excluding hydrogens is 264 g/mol. The van der Waals surface area contributed by atoms with Gasteiger partial charge in [-0.15, -0.1) is 0 Å². The molecule has 0 saturated heterocycles. The molecule has 1 heterocycles. The second-order valence-electron chi connectivity index (χ2n) is 5.99. The molecule has 3 rings (SSSR count). The van der Waals surface area contributed by atoms with Crippen molar-refractivity contribution in [2.45, 2.75) is 45.1 Å². The number of amidine groups is 1. The fraction of sp³-hybridized carbons (Fsp3) is 0.471. The Morgan fingerprint density at radius 1 is 1.05 bits per heavy atom. The van der Waals surface area contributed by atoms with Gasteiger partial charge in [0.1, 0.15) is 5.84 Å². The summed E-state index contributed by atoms with van der Waals surface area (Å²) in [6, 6.07) is 8.55. The molecule has 2 aliphatic rings. The van der Waals surface area contributed by atoms with Gasteiger partial charge in [-0.1, -0.05) is 49.1 Å². The first-order chi connectivity index (χ1) is 10.1. The maximum Gasteiger partial charge on any atom is 0.253 e. The fourth-order valence-electron chi connectivity index (χ4n) is 3.16. The summed E-state index contributed by atoms with van der Waals surface area (Å²) in [6.45, 7) is 2.40. The van der Waals surface area contributed by atoms with E-state index in [1.54, 1.807) is 0 Å². The smallest absolute Gasteiger partial charge is 0.253 e. The van der Waals surface area contributed by atoms with E-state index in [-0.39, 0.29) is 11.6 Å². The molecule has 1 aromatic carbocycles. The molecule has 0 aromatic heterocycles. The monoisotopic (exact) mass is 286 g/mol. The minimum atomic E-state index is -0.252. The van der Waals surface area contributed by atoms with Crippen LogP contribution in [0.15, 0.2) is 40.9 Å². The van der Waals surface area contributed by atoms with Gasteiger partial charge >= 0.3 is 0 Å². The summed E-state index contributed by atoms with van der Waals surface area (Å²) in [5, 5.41) is 19.7. The molecule has 0 unspecified atom stereocenters. The van der Waals surface area contributed by atoms with Crippen molar-refractivity contribution in [2.24, 2.45) is 4.99 Å². The third-order valence-electron chi connectivity index (χ3n) is 4.39. The van der Waals surface area contributed by atoms with E-state index in [1.807, 2.05) is 24.3 Å². The number of hydrogen-bond acceptors (Lipinski definition) is 4. The first-order valence-corrected chi connectivity index (χ1v) is 7.68. The number of rotatable bonds is 2. The lowest BCUT2D eigenvalue weighted by atomic mass is 9.93. The van der Waals surface area contributed by atoms with Crippen LogP contribution in [-0.4, -0.2) is 33.5 Å². The largest absolute Gasteiger partial charge is 0.506 e. The van der Waals surface area contributed by atoms with E-state index >= 15 is 0 Å². The minimum Gasteiger partial charge on any atom is -0.506 e. The quantitative estimate of drug-likeness (QED) is 0.872. The van der Waals surface area contributed by atoms with Crippen LogP contribution in [0.5, 0.6) is 0 Å². The highest BCUT2D eigenvalue weighted by molar-refractivity contribution is 6.00.